The number of carbonyl (C=O) groups is 1. The molecule has 0 bridgehead atoms. The van der Waals surface area contributed by atoms with Gasteiger partial charge in [-0.3, -0.25) is 0 Å². The molecule has 1 aromatic heterocycles. The minimum absolute atomic E-state index is 0.0659. The predicted molar refractivity (Wildman–Crippen MR) is 163 cm³/mol. The van der Waals surface area contributed by atoms with Gasteiger partial charge in [-0.2, -0.15) is 4.98 Å². The summed E-state index contributed by atoms with van der Waals surface area (Å²) in [4.78, 5) is 18.6. The summed E-state index contributed by atoms with van der Waals surface area (Å²) in [5.41, 5.74) is 3.06. The van der Waals surface area contributed by atoms with Crippen LogP contribution < -0.4 is 10.1 Å². The van der Waals surface area contributed by atoms with Crippen LogP contribution >= 0.6 is 39.3 Å². The lowest BCUT2D eigenvalue weighted by Crippen LogP contribution is -2.32. The molecule has 0 saturated heterocycles. The van der Waals surface area contributed by atoms with Crippen molar-refractivity contribution in [3.63, 3.8) is 0 Å². The number of aromatic nitrogens is 3. The Morgan fingerprint density at radius 2 is 2.00 bits per heavy atom. The number of hydrogen-bond acceptors (Lipinski definition) is 7. The summed E-state index contributed by atoms with van der Waals surface area (Å²) in [5.74, 6) is 1.58. The summed E-state index contributed by atoms with van der Waals surface area (Å²) in [5, 5.41) is 9.50. The van der Waals surface area contributed by atoms with Crippen LogP contribution in [0.2, 0.25) is 5.02 Å². The van der Waals surface area contributed by atoms with Crippen LogP contribution in [0.15, 0.2) is 63.4 Å². The van der Waals surface area contributed by atoms with Gasteiger partial charge in [-0.15, -0.1) is 5.10 Å². The lowest BCUT2D eigenvalue weighted by Gasteiger charge is -2.31. The Kier molecular flexibility index (Phi) is 9.76. The highest BCUT2D eigenvalue weighted by Crippen LogP contribution is 2.42. The molecule has 1 atom stereocenters. The molecule has 3 aromatic rings. The first kappa shape index (κ1) is 29.0. The standard InChI is InChI=1S/C30H34BrClN4O3S/c1-3-4-16-38-25-15-14-21(31)17-23(25)27-26(28(37)39-22-11-6-5-7-12-22)19(2)33-29-34-30(35-36(27)29)40-18-20-10-8-9-13-24(20)32/h8-10,13-15,17,22,27H,3-7,11-12,16,18H2,1-2H3,(H,33,34,35). The Hall–Kier alpha value is -2.49. The number of unbranched alkanes of at least 4 members (excludes halogenated alkanes) is 1. The fourth-order valence-corrected chi connectivity index (χ4v) is 6.58. The highest BCUT2D eigenvalue weighted by molar-refractivity contribution is 9.10. The first-order chi connectivity index (χ1) is 19.4. The molecule has 212 valence electrons. The van der Waals surface area contributed by atoms with Gasteiger partial charge in [0.15, 0.2) is 0 Å². The number of carbonyl (C=O) groups excluding carboxylic acids is 1. The van der Waals surface area contributed by atoms with Crippen molar-refractivity contribution >= 4 is 51.2 Å². The highest BCUT2D eigenvalue weighted by atomic mass is 79.9. The molecule has 0 spiro atoms. The van der Waals surface area contributed by atoms with Crippen LogP contribution in [0.3, 0.4) is 0 Å². The van der Waals surface area contributed by atoms with Crippen molar-refractivity contribution in [2.24, 2.45) is 0 Å². The zero-order valence-electron chi connectivity index (χ0n) is 22.8. The van der Waals surface area contributed by atoms with Crippen molar-refractivity contribution in [1.29, 1.82) is 0 Å². The number of hydrogen-bond donors (Lipinski definition) is 1. The maximum atomic E-state index is 13.8. The molecule has 1 aliphatic carbocycles. The summed E-state index contributed by atoms with van der Waals surface area (Å²) in [6.45, 7) is 4.62. The lowest BCUT2D eigenvalue weighted by atomic mass is 9.94. The molecule has 0 radical (unpaired) electrons. The summed E-state index contributed by atoms with van der Waals surface area (Å²) in [6.07, 6.45) is 7.04. The molecule has 1 aliphatic heterocycles. The molecule has 1 fully saturated rings. The molecule has 5 rings (SSSR count). The zero-order chi connectivity index (χ0) is 28.1. The molecular weight excluding hydrogens is 612 g/mol. The lowest BCUT2D eigenvalue weighted by molar-refractivity contribution is -0.146. The van der Waals surface area contributed by atoms with Crippen molar-refractivity contribution in [3.8, 4) is 5.75 Å². The number of ether oxygens (including phenoxy) is 2. The number of fused-ring (bicyclic) bond motifs is 1. The first-order valence-corrected chi connectivity index (χ1v) is 16.0. The molecule has 2 aliphatic rings. The molecule has 1 saturated carbocycles. The average molecular weight is 646 g/mol. The van der Waals surface area contributed by atoms with Crippen molar-refractivity contribution in [3.05, 3.63) is 74.4 Å². The van der Waals surface area contributed by atoms with Crippen LogP contribution in [0.1, 0.15) is 76.0 Å². The molecule has 1 N–H and O–H groups in total. The third kappa shape index (κ3) is 6.69. The Labute approximate surface area is 253 Å². The van der Waals surface area contributed by atoms with Crippen LogP contribution in [0.4, 0.5) is 5.95 Å². The summed E-state index contributed by atoms with van der Waals surface area (Å²) < 4.78 is 15.0. The third-order valence-electron chi connectivity index (χ3n) is 7.22. The van der Waals surface area contributed by atoms with Crippen molar-refractivity contribution in [2.75, 3.05) is 11.9 Å². The van der Waals surface area contributed by atoms with Gasteiger partial charge in [0.25, 0.3) is 0 Å². The van der Waals surface area contributed by atoms with E-state index in [9.17, 15) is 4.79 Å². The van der Waals surface area contributed by atoms with Gasteiger partial charge in [0.2, 0.25) is 11.1 Å². The number of nitrogens with zero attached hydrogens (tertiary/aromatic N) is 3. The van der Waals surface area contributed by atoms with E-state index in [1.807, 2.05) is 49.4 Å². The molecule has 2 heterocycles. The monoisotopic (exact) mass is 644 g/mol. The van der Waals surface area contributed by atoms with Crippen LogP contribution in [0.25, 0.3) is 0 Å². The van der Waals surface area contributed by atoms with E-state index in [0.717, 1.165) is 54.1 Å². The molecule has 7 nitrogen and oxygen atoms in total. The molecule has 2 aromatic carbocycles. The van der Waals surface area contributed by atoms with E-state index in [4.69, 9.17) is 31.2 Å². The van der Waals surface area contributed by atoms with Crippen LogP contribution in [0, 0.1) is 0 Å². The van der Waals surface area contributed by atoms with E-state index in [-0.39, 0.29) is 12.1 Å². The van der Waals surface area contributed by atoms with Crippen molar-refractivity contribution in [1.82, 2.24) is 14.8 Å². The van der Waals surface area contributed by atoms with Gasteiger partial charge in [0.05, 0.1) is 12.2 Å². The maximum absolute atomic E-state index is 13.8. The number of anilines is 1. The minimum atomic E-state index is -0.566. The number of nitrogens with one attached hydrogen (secondary N) is 1. The smallest absolute Gasteiger partial charge is 0.338 e. The van der Waals surface area contributed by atoms with Crippen LogP contribution in [-0.2, 0) is 15.3 Å². The minimum Gasteiger partial charge on any atom is -0.493 e. The SMILES string of the molecule is CCCCOc1ccc(Br)cc1C1C(C(=O)OC2CCCCC2)=C(C)Nc2nc(SCc3ccccc3Cl)nn21. The van der Waals surface area contributed by atoms with E-state index in [1.165, 1.54) is 18.2 Å². The normalized spacial score (nSPS) is 17.4. The van der Waals surface area contributed by atoms with E-state index in [0.29, 0.717) is 45.5 Å². The van der Waals surface area contributed by atoms with Gasteiger partial charge in [0, 0.05) is 26.5 Å². The Balaban J connectivity index is 1.52. The maximum Gasteiger partial charge on any atom is 0.338 e. The van der Waals surface area contributed by atoms with Gasteiger partial charge in [-0.1, -0.05) is 77.3 Å². The molecule has 0 amide bonds. The predicted octanol–water partition coefficient (Wildman–Crippen LogP) is 8.33. The first-order valence-electron chi connectivity index (χ1n) is 13.9. The van der Waals surface area contributed by atoms with Crippen molar-refractivity contribution < 1.29 is 14.3 Å². The van der Waals surface area contributed by atoms with E-state index in [2.05, 4.69) is 28.2 Å². The number of benzene rings is 2. The zero-order valence-corrected chi connectivity index (χ0v) is 25.9. The van der Waals surface area contributed by atoms with Crippen LogP contribution in [-0.4, -0.2) is 33.4 Å². The number of rotatable bonds is 10. The van der Waals surface area contributed by atoms with Crippen molar-refractivity contribution in [2.45, 2.75) is 81.8 Å². The fraction of sp³-hybridized carbons (Fsp3) is 0.433. The second-order valence-corrected chi connectivity index (χ2v) is 12.4. The van der Waals surface area contributed by atoms with Gasteiger partial charge in [-0.25, -0.2) is 9.48 Å². The van der Waals surface area contributed by atoms with E-state index < -0.39 is 6.04 Å². The van der Waals surface area contributed by atoms with E-state index >= 15 is 0 Å². The number of esters is 1. The molecule has 1 unspecified atom stereocenters. The molecular formula is C30H34BrClN4O3S. The van der Waals surface area contributed by atoms with E-state index in [1.54, 1.807) is 4.68 Å². The summed E-state index contributed by atoms with van der Waals surface area (Å²) >= 11 is 11.5. The van der Waals surface area contributed by atoms with Gasteiger partial charge in [0.1, 0.15) is 17.9 Å². The Morgan fingerprint density at radius 1 is 1.20 bits per heavy atom. The number of halogens is 2. The summed E-state index contributed by atoms with van der Waals surface area (Å²) in [7, 11) is 0. The average Bonchev–Trinajstić information content (AvgIpc) is 3.35. The summed E-state index contributed by atoms with van der Waals surface area (Å²) in [6, 6.07) is 13.1. The topological polar surface area (TPSA) is 78.3 Å². The second-order valence-electron chi connectivity index (χ2n) is 10.2. The van der Waals surface area contributed by atoms with Gasteiger partial charge < -0.3 is 14.8 Å². The third-order valence-corrected chi connectivity index (χ3v) is 8.96. The van der Waals surface area contributed by atoms with Gasteiger partial charge in [-0.05, 0) is 68.9 Å². The Morgan fingerprint density at radius 3 is 2.77 bits per heavy atom. The molecule has 10 heteroatoms. The van der Waals surface area contributed by atoms with Crippen LogP contribution in [0.5, 0.6) is 5.75 Å². The fourth-order valence-electron chi connectivity index (χ4n) is 5.09. The largest absolute Gasteiger partial charge is 0.493 e. The number of allylic oxidation sites excluding steroid dienone is 1. The van der Waals surface area contributed by atoms with Gasteiger partial charge >= 0.3 is 5.97 Å². The number of thioether (sulfide) groups is 1. The highest BCUT2D eigenvalue weighted by Gasteiger charge is 2.38. The quantitative estimate of drug-likeness (QED) is 0.135. The molecule has 40 heavy (non-hydrogen) atoms. The Bertz CT molecular complexity index is 1390. The second kappa shape index (κ2) is 13.4.